The molecule has 2 aromatic rings. The van der Waals surface area contributed by atoms with Gasteiger partial charge in [-0.15, -0.1) is 11.3 Å². The molecule has 0 saturated heterocycles. The molecule has 2 rings (SSSR count). The Bertz CT molecular complexity index is 696. The second-order valence-corrected chi connectivity index (χ2v) is 5.66. The van der Waals surface area contributed by atoms with E-state index in [1.165, 1.54) is 24.3 Å². The summed E-state index contributed by atoms with van der Waals surface area (Å²) >= 11 is 1.17. The maximum Gasteiger partial charge on any atom is 0.349 e. The molecule has 0 fully saturated rings. The van der Waals surface area contributed by atoms with Gasteiger partial charge in [-0.3, -0.25) is 4.79 Å². The molecule has 0 unspecified atom stereocenters. The maximum atomic E-state index is 13.8. The van der Waals surface area contributed by atoms with E-state index in [1.54, 1.807) is 26.0 Å². The monoisotopic (exact) mass is 309 g/mol. The van der Waals surface area contributed by atoms with E-state index in [-0.39, 0.29) is 11.7 Å². The molecule has 0 aliphatic heterocycles. The van der Waals surface area contributed by atoms with Crippen LogP contribution in [0.15, 0.2) is 18.2 Å². The molecule has 6 heteroatoms. The van der Waals surface area contributed by atoms with Crippen molar-refractivity contribution in [2.45, 2.75) is 26.9 Å². The summed E-state index contributed by atoms with van der Waals surface area (Å²) in [7, 11) is 0. The summed E-state index contributed by atoms with van der Waals surface area (Å²) in [4.78, 5) is 24.1. The second-order valence-electron chi connectivity index (χ2n) is 4.61. The van der Waals surface area contributed by atoms with Crippen LogP contribution in [0.3, 0.4) is 0 Å². The number of likely N-dealkylation sites (N-methyl/N-ethyl adjacent to an activating group) is 1. The van der Waals surface area contributed by atoms with Crippen molar-refractivity contribution in [3.63, 3.8) is 0 Å². The summed E-state index contributed by atoms with van der Waals surface area (Å²) in [5, 5.41) is 3.01. The van der Waals surface area contributed by atoms with Crippen molar-refractivity contribution in [1.29, 1.82) is 0 Å². The third kappa shape index (κ3) is 3.05. The fourth-order valence-electron chi connectivity index (χ4n) is 2.03. The zero-order valence-electron chi connectivity index (χ0n) is 12.0. The van der Waals surface area contributed by atoms with Crippen LogP contribution >= 0.6 is 11.3 Å². The largest absolute Gasteiger partial charge is 0.448 e. The van der Waals surface area contributed by atoms with Gasteiger partial charge in [-0.25, -0.2) is 9.18 Å². The molecule has 112 valence electrons. The summed E-state index contributed by atoms with van der Waals surface area (Å²) in [5.41, 5.74) is 0.543. The van der Waals surface area contributed by atoms with Crippen LogP contribution in [0, 0.1) is 12.7 Å². The van der Waals surface area contributed by atoms with Gasteiger partial charge in [0.1, 0.15) is 10.7 Å². The number of hydrogen-bond donors (Lipinski definition) is 1. The normalized spacial score (nSPS) is 12.2. The number of carbonyl (C=O) groups is 2. The van der Waals surface area contributed by atoms with Crippen molar-refractivity contribution in [2.75, 3.05) is 6.54 Å². The van der Waals surface area contributed by atoms with Gasteiger partial charge < -0.3 is 10.1 Å². The van der Waals surface area contributed by atoms with Gasteiger partial charge in [0.05, 0.1) is 0 Å². The topological polar surface area (TPSA) is 55.4 Å². The van der Waals surface area contributed by atoms with E-state index in [0.29, 0.717) is 27.1 Å². The Hall–Kier alpha value is -1.95. The van der Waals surface area contributed by atoms with Crippen molar-refractivity contribution in [3.8, 4) is 0 Å². The highest BCUT2D eigenvalue weighted by Crippen LogP contribution is 2.33. The van der Waals surface area contributed by atoms with Crippen molar-refractivity contribution < 1.29 is 18.7 Å². The standard InChI is InChI=1S/C15H16FNO3S/c1-4-17-14(18)9(3)20-15(19)13-8(2)12-10(16)6-5-7-11(12)21-13/h5-7,9H,4H2,1-3H3,(H,17,18)/t9-/m1/s1. The smallest absolute Gasteiger partial charge is 0.349 e. The first-order valence-electron chi connectivity index (χ1n) is 6.62. The number of fused-ring (bicyclic) bond motifs is 1. The number of nitrogens with one attached hydrogen (secondary N) is 1. The van der Waals surface area contributed by atoms with Gasteiger partial charge in [-0.05, 0) is 38.5 Å². The molecule has 21 heavy (non-hydrogen) atoms. The molecule has 0 spiro atoms. The van der Waals surface area contributed by atoms with Crippen molar-refractivity contribution in [1.82, 2.24) is 5.32 Å². The Morgan fingerprint density at radius 2 is 2.14 bits per heavy atom. The zero-order chi connectivity index (χ0) is 15.6. The first kappa shape index (κ1) is 15.4. The Labute approximate surface area is 125 Å². The minimum absolute atomic E-state index is 0.325. The van der Waals surface area contributed by atoms with Gasteiger partial charge in [0, 0.05) is 16.6 Å². The number of thiophene rings is 1. The van der Waals surface area contributed by atoms with Crippen molar-refractivity contribution in [2.24, 2.45) is 0 Å². The predicted molar refractivity (Wildman–Crippen MR) is 80.1 cm³/mol. The molecule has 1 amide bonds. The lowest BCUT2D eigenvalue weighted by atomic mass is 10.1. The molecule has 0 aliphatic rings. The number of benzene rings is 1. The fraction of sp³-hybridized carbons (Fsp3) is 0.333. The van der Waals surface area contributed by atoms with Crippen LogP contribution in [-0.2, 0) is 9.53 Å². The number of ether oxygens (including phenoxy) is 1. The van der Waals surface area contributed by atoms with Gasteiger partial charge in [-0.2, -0.15) is 0 Å². The van der Waals surface area contributed by atoms with Crippen LogP contribution in [0.25, 0.3) is 10.1 Å². The quantitative estimate of drug-likeness (QED) is 0.883. The van der Waals surface area contributed by atoms with E-state index in [1.807, 2.05) is 0 Å². The number of halogens is 1. The van der Waals surface area contributed by atoms with Gasteiger partial charge in [0.2, 0.25) is 0 Å². The minimum Gasteiger partial charge on any atom is -0.448 e. The summed E-state index contributed by atoms with van der Waals surface area (Å²) in [6.07, 6.45) is -0.882. The molecule has 4 nitrogen and oxygen atoms in total. The summed E-state index contributed by atoms with van der Waals surface area (Å²) in [5.74, 6) is -1.32. The Balaban J connectivity index is 2.26. The van der Waals surface area contributed by atoms with E-state index >= 15 is 0 Å². The van der Waals surface area contributed by atoms with Crippen LogP contribution in [0.2, 0.25) is 0 Å². The van der Waals surface area contributed by atoms with Crippen LogP contribution in [0.5, 0.6) is 0 Å². The summed E-state index contributed by atoms with van der Waals surface area (Å²) in [6, 6.07) is 4.70. The van der Waals surface area contributed by atoms with Gasteiger partial charge in [0.25, 0.3) is 5.91 Å². The van der Waals surface area contributed by atoms with E-state index in [4.69, 9.17) is 4.74 Å². The first-order valence-corrected chi connectivity index (χ1v) is 7.43. The lowest BCUT2D eigenvalue weighted by Gasteiger charge is -2.12. The average molecular weight is 309 g/mol. The first-order chi connectivity index (χ1) is 9.95. The third-order valence-corrected chi connectivity index (χ3v) is 4.33. The zero-order valence-corrected chi connectivity index (χ0v) is 12.8. The molecule has 0 radical (unpaired) electrons. The van der Waals surface area contributed by atoms with Gasteiger partial charge in [0.15, 0.2) is 6.10 Å². The molecule has 1 aromatic heterocycles. The van der Waals surface area contributed by atoms with E-state index in [2.05, 4.69) is 5.32 Å². The number of rotatable bonds is 4. The summed E-state index contributed by atoms with van der Waals surface area (Å²) in [6.45, 7) is 5.43. The van der Waals surface area contributed by atoms with Crippen LogP contribution in [-0.4, -0.2) is 24.5 Å². The minimum atomic E-state index is -0.882. The number of carbonyl (C=O) groups excluding carboxylic acids is 2. The van der Waals surface area contributed by atoms with Crippen LogP contribution in [0.1, 0.15) is 29.1 Å². The molecule has 1 heterocycles. The SMILES string of the molecule is CCNC(=O)[C@@H](C)OC(=O)c1sc2cccc(F)c2c1C. The number of aryl methyl sites for hydroxylation is 1. The highest BCUT2D eigenvalue weighted by Gasteiger charge is 2.23. The van der Waals surface area contributed by atoms with E-state index in [9.17, 15) is 14.0 Å². The van der Waals surface area contributed by atoms with E-state index < -0.39 is 12.1 Å². The van der Waals surface area contributed by atoms with Crippen molar-refractivity contribution in [3.05, 3.63) is 34.5 Å². The van der Waals surface area contributed by atoms with Gasteiger partial charge in [-0.1, -0.05) is 6.07 Å². The van der Waals surface area contributed by atoms with Crippen LogP contribution in [0.4, 0.5) is 4.39 Å². The third-order valence-electron chi connectivity index (χ3n) is 3.09. The van der Waals surface area contributed by atoms with Crippen molar-refractivity contribution >= 4 is 33.3 Å². The average Bonchev–Trinajstić information content (AvgIpc) is 2.77. The molecule has 1 aromatic carbocycles. The Morgan fingerprint density at radius 3 is 2.76 bits per heavy atom. The number of esters is 1. The second kappa shape index (κ2) is 6.22. The number of hydrogen-bond acceptors (Lipinski definition) is 4. The van der Waals surface area contributed by atoms with Crippen LogP contribution < -0.4 is 5.32 Å². The molecule has 1 atom stereocenters. The lowest BCUT2D eigenvalue weighted by molar-refractivity contribution is -0.128. The fourth-order valence-corrected chi connectivity index (χ4v) is 3.14. The Kier molecular flexibility index (Phi) is 4.57. The lowest BCUT2D eigenvalue weighted by Crippen LogP contribution is -2.35. The molecule has 0 bridgehead atoms. The highest BCUT2D eigenvalue weighted by molar-refractivity contribution is 7.21. The number of amides is 1. The highest BCUT2D eigenvalue weighted by atomic mass is 32.1. The maximum absolute atomic E-state index is 13.8. The molecule has 1 N–H and O–H groups in total. The van der Waals surface area contributed by atoms with E-state index in [0.717, 1.165) is 0 Å². The molecular formula is C15H16FNO3S. The molecular weight excluding hydrogens is 293 g/mol. The molecule has 0 saturated carbocycles. The summed E-state index contributed by atoms with van der Waals surface area (Å²) < 4.78 is 19.6. The van der Waals surface area contributed by atoms with Gasteiger partial charge >= 0.3 is 5.97 Å². The Morgan fingerprint density at radius 1 is 1.43 bits per heavy atom. The predicted octanol–water partition coefficient (Wildman–Crippen LogP) is 3.03. The molecule has 0 aliphatic carbocycles.